The van der Waals surface area contributed by atoms with Gasteiger partial charge in [0.15, 0.2) is 0 Å². The number of hydrogen-bond donors (Lipinski definition) is 1. The number of aromatic nitrogens is 2. The summed E-state index contributed by atoms with van der Waals surface area (Å²) in [5, 5.41) is 9.40. The van der Waals surface area contributed by atoms with E-state index in [-0.39, 0.29) is 42.1 Å². The molecule has 0 bridgehead atoms. The summed E-state index contributed by atoms with van der Waals surface area (Å²) in [5.41, 5.74) is -0.498. The second kappa shape index (κ2) is 12.9. The van der Waals surface area contributed by atoms with Crippen molar-refractivity contribution < 1.29 is 55.3 Å². The molecule has 2 aliphatic rings. The van der Waals surface area contributed by atoms with E-state index in [2.05, 4.69) is 9.97 Å². The lowest BCUT2D eigenvalue weighted by Gasteiger charge is -2.29. The Morgan fingerprint density at radius 3 is 2.20 bits per heavy atom. The number of benzene rings is 3. The minimum atomic E-state index is -5.10. The Balaban J connectivity index is 1.42. The summed E-state index contributed by atoms with van der Waals surface area (Å²) in [7, 11) is 1.42. The Labute approximate surface area is 286 Å². The number of β-lactam (4-membered cyclic amide) rings is 1. The number of ether oxygens (including phenoxy) is 2. The second-order valence-electron chi connectivity index (χ2n) is 12.1. The van der Waals surface area contributed by atoms with Gasteiger partial charge in [0.1, 0.15) is 11.9 Å². The molecule has 2 atom stereocenters. The Morgan fingerprint density at radius 2 is 1.65 bits per heavy atom. The van der Waals surface area contributed by atoms with Gasteiger partial charge in [-0.3, -0.25) is 14.6 Å². The molecule has 16 heteroatoms. The maximum Gasteiger partial charge on any atom is 0.416 e. The average molecular weight is 715 g/mol. The van der Waals surface area contributed by atoms with E-state index in [9.17, 15) is 45.8 Å². The van der Waals surface area contributed by atoms with E-state index in [0.717, 1.165) is 4.90 Å². The first-order valence-electron chi connectivity index (χ1n) is 15.4. The van der Waals surface area contributed by atoms with Gasteiger partial charge in [-0.15, -0.1) is 0 Å². The molecule has 1 N–H and O–H groups in total. The lowest BCUT2D eigenvalue weighted by molar-refractivity contribution is -0.143. The number of carboxylic acids is 1. The number of aromatic carboxylic acids is 1. The highest BCUT2D eigenvalue weighted by molar-refractivity contribution is 5.98. The van der Waals surface area contributed by atoms with Crippen LogP contribution in [0.1, 0.15) is 57.8 Å². The molecule has 2 amide bonds. The number of carbonyl (C=O) groups is 3. The molecular weight excluding hydrogens is 686 g/mol. The number of carboxylic acid groups (broad SMARTS) is 1. The van der Waals surface area contributed by atoms with Crippen molar-refractivity contribution in [2.24, 2.45) is 0 Å². The van der Waals surface area contributed by atoms with Crippen molar-refractivity contribution in [3.05, 3.63) is 94.3 Å². The number of amides is 2. The van der Waals surface area contributed by atoms with Gasteiger partial charge in [-0.05, 0) is 78.6 Å². The van der Waals surface area contributed by atoms with Crippen LogP contribution in [0.15, 0.2) is 60.8 Å². The Kier molecular flexibility index (Phi) is 8.89. The third kappa shape index (κ3) is 6.77. The van der Waals surface area contributed by atoms with E-state index in [1.807, 2.05) is 0 Å². The Hall–Kier alpha value is -5.67. The topological polar surface area (TPSA) is 122 Å². The molecule has 6 rings (SSSR count). The number of methoxy groups -OCH3 is 1. The van der Waals surface area contributed by atoms with Crippen LogP contribution in [0.25, 0.3) is 22.3 Å². The predicted octanol–water partition coefficient (Wildman–Crippen LogP) is 7.68. The van der Waals surface area contributed by atoms with Crippen LogP contribution in [-0.4, -0.2) is 57.6 Å². The summed E-state index contributed by atoms with van der Waals surface area (Å²) in [6.07, 6.45) is -11.0. The third-order valence-corrected chi connectivity index (χ3v) is 8.87. The molecule has 51 heavy (non-hydrogen) atoms. The minimum absolute atomic E-state index is 0.00199. The van der Waals surface area contributed by atoms with Gasteiger partial charge in [-0.25, -0.2) is 19.6 Å². The molecule has 4 aromatic rings. The third-order valence-electron chi connectivity index (χ3n) is 8.87. The van der Waals surface area contributed by atoms with Gasteiger partial charge in [0.05, 0.1) is 42.1 Å². The lowest BCUT2D eigenvalue weighted by atomic mass is 9.94. The molecule has 266 valence electrons. The van der Waals surface area contributed by atoms with Crippen molar-refractivity contribution in [1.82, 2.24) is 14.9 Å². The van der Waals surface area contributed by atoms with Gasteiger partial charge < -0.3 is 14.6 Å². The number of anilines is 1. The molecule has 3 aromatic carbocycles. The van der Waals surface area contributed by atoms with Crippen LogP contribution < -0.4 is 9.64 Å². The van der Waals surface area contributed by atoms with E-state index in [4.69, 9.17) is 9.47 Å². The van der Waals surface area contributed by atoms with Crippen LogP contribution in [0.5, 0.6) is 5.75 Å². The fraction of sp³-hybridized carbons (Fsp3) is 0.286. The molecule has 10 nitrogen and oxygen atoms in total. The van der Waals surface area contributed by atoms with Crippen LogP contribution in [0, 0.1) is 6.92 Å². The van der Waals surface area contributed by atoms with Crippen LogP contribution in [0.4, 0.5) is 37.1 Å². The lowest BCUT2D eigenvalue weighted by Crippen LogP contribution is -2.44. The number of alkyl halides is 6. The number of rotatable bonds is 8. The molecule has 0 aliphatic carbocycles. The van der Waals surface area contributed by atoms with E-state index in [1.54, 1.807) is 31.2 Å². The van der Waals surface area contributed by atoms with Crippen molar-refractivity contribution in [2.45, 2.75) is 51.3 Å². The largest absolute Gasteiger partial charge is 0.496 e. The Morgan fingerprint density at radius 1 is 0.961 bits per heavy atom. The van der Waals surface area contributed by atoms with E-state index >= 15 is 0 Å². The van der Waals surface area contributed by atoms with E-state index in [1.165, 1.54) is 37.3 Å². The highest BCUT2D eigenvalue weighted by atomic mass is 19.4. The summed E-state index contributed by atoms with van der Waals surface area (Å²) in [4.78, 5) is 48.5. The van der Waals surface area contributed by atoms with Crippen molar-refractivity contribution in [3.8, 4) is 28.0 Å². The quantitative estimate of drug-likeness (QED) is 0.146. The van der Waals surface area contributed by atoms with Crippen LogP contribution >= 0.6 is 0 Å². The number of cyclic esters (lactones) is 1. The summed E-state index contributed by atoms with van der Waals surface area (Å²) in [6, 6.07) is 9.79. The monoisotopic (exact) mass is 714 g/mol. The zero-order valence-electron chi connectivity index (χ0n) is 27.1. The van der Waals surface area contributed by atoms with Gasteiger partial charge >= 0.3 is 24.4 Å². The fourth-order valence-corrected chi connectivity index (χ4v) is 6.08. The first-order chi connectivity index (χ1) is 24.0. The van der Waals surface area contributed by atoms with Crippen molar-refractivity contribution >= 4 is 23.9 Å². The van der Waals surface area contributed by atoms with Gasteiger partial charge in [-0.1, -0.05) is 12.1 Å². The molecular formula is C35H28F6N4O6. The molecule has 0 spiro atoms. The average Bonchev–Trinajstić information content (AvgIpc) is 3.35. The molecule has 0 saturated carbocycles. The molecule has 2 fully saturated rings. The van der Waals surface area contributed by atoms with Crippen molar-refractivity contribution in [1.29, 1.82) is 0 Å². The number of nitrogens with zero attached hydrogens (tertiary/aromatic N) is 4. The molecule has 0 unspecified atom stereocenters. The number of aryl methyl sites for hydroxylation is 1. The van der Waals surface area contributed by atoms with Gasteiger partial charge in [-0.2, -0.15) is 26.3 Å². The zero-order valence-corrected chi connectivity index (χ0v) is 27.1. The smallest absolute Gasteiger partial charge is 0.416 e. The molecule has 0 radical (unpaired) electrons. The highest BCUT2D eigenvalue weighted by Gasteiger charge is 2.44. The summed E-state index contributed by atoms with van der Waals surface area (Å²) >= 11 is 0. The summed E-state index contributed by atoms with van der Waals surface area (Å²) in [6.45, 7) is 3.17. The maximum absolute atomic E-state index is 13.6. The first-order valence-corrected chi connectivity index (χ1v) is 15.4. The fourth-order valence-electron chi connectivity index (χ4n) is 6.08. The molecule has 3 heterocycles. The summed E-state index contributed by atoms with van der Waals surface area (Å²) in [5.74, 6) is -0.944. The summed E-state index contributed by atoms with van der Waals surface area (Å²) < 4.78 is 92.9. The second-order valence-corrected chi connectivity index (χ2v) is 12.1. The molecule has 2 saturated heterocycles. The number of hydrogen-bond acceptors (Lipinski definition) is 7. The van der Waals surface area contributed by atoms with Crippen LogP contribution in [0.3, 0.4) is 0 Å². The van der Waals surface area contributed by atoms with Crippen molar-refractivity contribution in [2.75, 3.05) is 18.6 Å². The predicted molar refractivity (Wildman–Crippen MR) is 169 cm³/mol. The molecule has 1 aromatic heterocycles. The Bertz CT molecular complexity index is 2040. The van der Waals surface area contributed by atoms with Gasteiger partial charge in [0.25, 0.3) is 0 Å². The molecule has 2 aliphatic heterocycles. The number of carbonyl (C=O) groups excluding carboxylic acids is 2. The van der Waals surface area contributed by atoms with Gasteiger partial charge in [0, 0.05) is 30.3 Å². The van der Waals surface area contributed by atoms with Crippen LogP contribution in [0.2, 0.25) is 0 Å². The normalized spacial score (nSPS) is 17.7. The zero-order chi connectivity index (χ0) is 37.0. The van der Waals surface area contributed by atoms with Crippen LogP contribution in [-0.2, 0) is 28.4 Å². The SMILES string of the molecule is COc1ccc(-c2ccc(C(=O)O)cc2C)cc1-c1cnc(N2CCC2=O)nc1CN1C(=O)O[C@H](c2cc(C(F)(F)F)cc(C(F)(F)F)c2)[C@@H]1C. The van der Waals surface area contributed by atoms with E-state index in [0.29, 0.717) is 52.2 Å². The maximum atomic E-state index is 13.6. The minimum Gasteiger partial charge on any atom is -0.496 e. The highest BCUT2D eigenvalue weighted by Crippen LogP contribution is 2.42. The standard InChI is InChI=1S/C35H28F6N4O6/c1-17-10-20(31(47)48)4-6-24(17)19-5-7-28(50-3)25(13-19)26-15-42-32(44-9-8-29(44)46)43-27(26)16-45-18(2)30(51-33(45)49)21-11-22(34(36,37)38)14-23(12-21)35(39,40)41/h4-7,10-15,18,30H,8-9,16H2,1-3H3,(H,47,48)/t18-,30-/m0/s1. The van der Waals surface area contributed by atoms with Gasteiger partial charge in [0.2, 0.25) is 11.9 Å². The first kappa shape index (κ1) is 35.2. The van der Waals surface area contributed by atoms with Crippen molar-refractivity contribution in [3.63, 3.8) is 0 Å². The number of halogens is 6. The van der Waals surface area contributed by atoms with E-state index < -0.39 is 53.3 Å².